The average Bonchev–Trinajstić information content (AvgIpc) is 2.68. The number of hydrogen-bond donors (Lipinski definition) is 1. The molecule has 0 saturated heterocycles. The zero-order valence-corrected chi connectivity index (χ0v) is 11.9. The van der Waals surface area contributed by atoms with Crippen LogP contribution in [0.4, 0.5) is 4.39 Å². The van der Waals surface area contributed by atoms with Gasteiger partial charge in [-0.15, -0.1) is 0 Å². The van der Waals surface area contributed by atoms with Gasteiger partial charge in [0.25, 0.3) is 0 Å². The van der Waals surface area contributed by atoms with E-state index in [1.807, 2.05) is 40.0 Å². The summed E-state index contributed by atoms with van der Waals surface area (Å²) in [6, 6.07) is 5.72. The normalized spacial score (nSPS) is 11.3. The molecule has 0 atom stereocenters. The van der Waals surface area contributed by atoms with Gasteiger partial charge in [0.1, 0.15) is 5.82 Å². The first-order chi connectivity index (χ1) is 8.99. The number of halogens is 1. The molecule has 0 aliphatic carbocycles. The Bertz CT molecular complexity index is 573. The Morgan fingerprint density at radius 3 is 2.63 bits per heavy atom. The summed E-state index contributed by atoms with van der Waals surface area (Å²) in [6.07, 6.45) is 1.77. The minimum Gasteiger partial charge on any atom is -0.310 e. The maximum absolute atomic E-state index is 14.1. The molecule has 0 spiro atoms. The number of hydrogen-bond acceptors (Lipinski definition) is 2. The molecule has 0 unspecified atom stereocenters. The van der Waals surface area contributed by atoms with Gasteiger partial charge >= 0.3 is 0 Å². The Labute approximate surface area is 113 Å². The van der Waals surface area contributed by atoms with E-state index >= 15 is 0 Å². The molecule has 0 fully saturated rings. The standard InChI is InChI=1S/C15H20FN3/c1-10(2)17-8-13-6-5-12(7-15(13)16)14-9-18-19(4)11(14)3/h5-7,9-10,17H,8H2,1-4H3. The second-order valence-electron chi connectivity index (χ2n) is 5.11. The van der Waals surface area contributed by atoms with E-state index in [0.29, 0.717) is 18.2 Å². The van der Waals surface area contributed by atoms with Crippen LogP contribution in [-0.2, 0) is 13.6 Å². The molecule has 0 radical (unpaired) electrons. The summed E-state index contributed by atoms with van der Waals surface area (Å²) < 4.78 is 15.9. The highest BCUT2D eigenvalue weighted by Gasteiger charge is 2.09. The van der Waals surface area contributed by atoms with Crippen molar-refractivity contribution in [1.29, 1.82) is 0 Å². The van der Waals surface area contributed by atoms with E-state index in [1.165, 1.54) is 0 Å². The quantitative estimate of drug-likeness (QED) is 0.916. The van der Waals surface area contributed by atoms with Crippen molar-refractivity contribution < 1.29 is 4.39 Å². The fraction of sp³-hybridized carbons (Fsp3) is 0.400. The van der Waals surface area contributed by atoms with Crippen molar-refractivity contribution in [1.82, 2.24) is 15.1 Å². The van der Waals surface area contributed by atoms with Crippen molar-refractivity contribution in [2.24, 2.45) is 7.05 Å². The summed E-state index contributed by atoms with van der Waals surface area (Å²) in [4.78, 5) is 0. The van der Waals surface area contributed by atoms with Crippen LogP contribution in [0.15, 0.2) is 24.4 Å². The number of rotatable bonds is 4. The largest absolute Gasteiger partial charge is 0.310 e. The van der Waals surface area contributed by atoms with Gasteiger partial charge in [-0.2, -0.15) is 5.10 Å². The van der Waals surface area contributed by atoms with E-state index in [9.17, 15) is 4.39 Å². The summed E-state index contributed by atoms with van der Waals surface area (Å²) in [7, 11) is 1.89. The molecule has 3 nitrogen and oxygen atoms in total. The van der Waals surface area contributed by atoms with Crippen molar-refractivity contribution in [3.63, 3.8) is 0 Å². The highest BCUT2D eigenvalue weighted by Crippen LogP contribution is 2.24. The number of nitrogens with zero attached hydrogens (tertiary/aromatic N) is 2. The van der Waals surface area contributed by atoms with Gasteiger partial charge in [0.05, 0.1) is 6.20 Å². The third-order valence-electron chi connectivity index (χ3n) is 3.30. The molecule has 0 bridgehead atoms. The summed E-state index contributed by atoms with van der Waals surface area (Å²) in [6.45, 7) is 6.63. The van der Waals surface area contributed by atoms with Gasteiger partial charge in [-0.3, -0.25) is 4.68 Å². The maximum atomic E-state index is 14.1. The lowest BCUT2D eigenvalue weighted by Gasteiger charge is -2.10. The van der Waals surface area contributed by atoms with E-state index in [2.05, 4.69) is 10.4 Å². The molecular formula is C15H20FN3. The van der Waals surface area contributed by atoms with Crippen LogP contribution in [0.3, 0.4) is 0 Å². The molecule has 0 amide bonds. The third kappa shape index (κ3) is 3.01. The molecule has 0 aliphatic rings. The first-order valence-electron chi connectivity index (χ1n) is 6.50. The van der Waals surface area contributed by atoms with Gasteiger partial charge in [0.15, 0.2) is 0 Å². The Hall–Kier alpha value is -1.68. The van der Waals surface area contributed by atoms with Gasteiger partial charge < -0.3 is 5.32 Å². The van der Waals surface area contributed by atoms with Crippen molar-refractivity contribution in [2.75, 3.05) is 0 Å². The monoisotopic (exact) mass is 261 g/mol. The van der Waals surface area contributed by atoms with Crippen LogP contribution in [0.2, 0.25) is 0 Å². The van der Waals surface area contributed by atoms with E-state index in [-0.39, 0.29) is 5.82 Å². The van der Waals surface area contributed by atoms with Crippen LogP contribution in [0, 0.1) is 12.7 Å². The smallest absolute Gasteiger partial charge is 0.128 e. The first-order valence-corrected chi connectivity index (χ1v) is 6.50. The lowest BCUT2D eigenvalue weighted by Crippen LogP contribution is -2.22. The summed E-state index contributed by atoms with van der Waals surface area (Å²) in [5.41, 5.74) is 3.58. The van der Waals surface area contributed by atoms with Gasteiger partial charge in [-0.1, -0.05) is 26.0 Å². The predicted molar refractivity (Wildman–Crippen MR) is 75.3 cm³/mol. The zero-order valence-electron chi connectivity index (χ0n) is 11.9. The molecule has 1 N–H and O–H groups in total. The van der Waals surface area contributed by atoms with E-state index in [1.54, 1.807) is 16.9 Å². The minimum atomic E-state index is -0.172. The number of nitrogens with one attached hydrogen (secondary N) is 1. The average molecular weight is 261 g/mol. The molecule has 1 aromatic carbocycles. The van der Waals surface area contributed by atoms with Crippen molar-refractivity contribution >= 4 is 0 Å². The Balaban J connectivity index is 2.26. The highest BCUT2D eigenvalue weighted by molar-refractivity contribution is 5.65. The Morgan fingerprint density at radius 2 is 2.11 bits per heavy atom. The molecule has 102 valence electrons. The molecule has 2 aromatic rings. The van der Waals surface area contributed by atoms with Gasteiger partial charge in [-0.25, -0.2) is 4.39 Å². The van der Waals surface area contributed by atoms with Gasteiger partial charge in [-0.05, 0) is 18.6 Å². The zero-order chi connectivity index (χ0) is 14.0. The molecule has 1 aromatic heterocycles. The summed E-state index contributed by atoms with van der Waals surface area (Å²) >= 11 is 0. The second-order valence-corrected chi connectivity index (χ2v) is 5.11. The molecule has 0 aliphatic heterocycles. The van der Waals surface area contributed by atoms with Crippen LogP contribution in [-0.4, -0.2) is 15.8 Å². The number of aryl methyl sites for hydroxylation is 1. The molecule has 0 saturated carbocycles. The van der Waals surface area contributed by atoms with Crippen molar-refractivity contribution in [3.8, 4) is 11.1 Å². The minimum absolute atomic E-state index is 0.172. The Kier molecular flexibility index (Phi) is 4.00. The molecule has 2 rings (SSSR count). The summed E-state index contributed by atoms with van der Waals surface area (Å²) in [5, 5.41) is 7.41. The van der Waals surface area contributed by atoms with Gasteiger partial charge in [0.2, 0.25) is 0 Å². The third-order valence-corrected chi connectivity index (χ3v) is 3.30. The maximum Gasteiger partial charge on any atom is 0.128 e. The second kappa shape index (κ2) is 5.53. The first kappa shape index (κ1) is 13.7. The number of aromatic nitrogens is 2. The fourth-order valence-electron chi connectivity index (χ4n) is 1.95. The van der Waals surface area contributed by atoms with Gasteiger partial charge in [0, 0.05) is 36.5 Å². The van der Waals surface area contributed by atoms with Crippen molar-refractivity contribution in [3.05, 3.63) is 41.5 Å². The fourth-order valence-corrected chi connectivity index (χ4v) is 1.95. The van der Waals surface area contributed by atoms with Crippen LogP contribution in [0.25, 0.3) is 11.1 Å². The molecule has 1 heterocycles. The molecular weight excluding hydrogens is 241 g/mol. The molecule has 4 heteroatoms. The van der Waals surface area contributed by atoms with E-state index in [0.717, 1.165) is 16.8 Å². The van der Waals surface area contributed by atoms with Crippen LogP contribution in [0.1, 0.15) is 25.1 Å². The molecule has 19 heavy (non-hydrogen) atoms. The van der Waals surface area contributed by atoms with Crippen LogP contribution < -0.4 is 5.32 Å². The lowest BCUT2D eigenvalue weighted by molar-refractivity contribution is 0.553. The topological polar surface area (TPSA) is 29.9 Å². The van der Waals surface area contributed by atoms with Crippen molar-refractivity contribution in [2.45, 2.75) is 33.4 Å². The predicted octanol–water partition coefficient (Wildman–Crippen LogP) is 3.03. The van der Waals surface area contributed by atoms with E-state index in [4.69, 9.17) is 0 Å². The highest BCUT2D eigenvalue weighted by atomic mass is 19.1. The summed E-state index contributed by atoms with van der Waals surface area (Å²) in [5.74, 6) is -0.172. The Morgan fingerprint density at radius 1 is 1.37 bits per heavy atom. The number of benzene rings is 1. The van der Waals surface area contributed by atoms with Crippen LogP contribution in [0.5, 0.6) is 0 Å². The van der Waals surface area contributed by atoms with Crippen LogP contribution >= 0.6 is 0 Å². The lowest BCUT2D eigenvalue weighted by atomic mass is 10.0. The van der Waals surface area contributed by atoms with E-state index < -0.39 is 0 Å². The SMILES string of the molecule is Cc1c(-c2ccc(CNC(C)C)c(F)c2)cnn1C.